The van der Waals surface area contributed by atoms with E-state index < -0.39 is 82.9 Å². The van der Waals surface area contributed by atoms with Crippen molar-refractivity contribution in [3.8, 4) is 0 Å². The number of ether oxygens (including phenoxy) is 2. The predicted molar refractivity (Wildman–Crippen MR) is 209 cm³/mol. The molecule has 0 aliphatic heterocycles. The minimum absolute atomic E-state index is 0.0105. The summed E-state index contributed by atoms with van der Waals surface area (Å²) in [5, 5.41) is 27.6. The van der Waals surface area contributed by atoms with Gasteiger partial charge in [-0.25, -0.2) is 14.6 Å². The Balaban J connectivity index is 2.03. The minimum Gasteiger partial charge on any atom is -0.464 e. The Morgan fingerprint density at radius 2 is 1.61 bits per heavy atom. The molecule has 6 atom stereocenters. The molecule has 3 rings (SSSR count). The predicted octanol–water partition coefficient (Wildman–Crippen LogP) is 3.53. The lowest BCUT2D eigenvalue weighted by molar-refractivity contribution is -0.384. The van der Waals surface area contributed by atoms with Crippen LogP contribution in [0.5, 0.6) is 0 Å². The third-order valence-electron chi connectivity index (χ3n) is 9.04. The molecule has 4 amide bonds. The molecular formula is C40H55N7O10. The van der Waals surface area contributed by atoms with Gasteiger partial charge >= 0.3 is 12.1 Å². The highest BCUT2D eigenvalue weighted by Crippen LogP contribution is 2.22. The van der Waals surface area contributed by atoms with Crippen molar-refractivity contribution in [2.24, 2.45) is 11.7 Å². The highest BCUT2D eigenvalue weighted by Gasteiger charge is 2.43. The number of nitrogens with zero attached hydrogens (tertiary/aromatic N) is 3. The second-order valence-electron chi connectivity index (χ2n) is 14.9. The Bertz CT molecular complexity index is 1780. The number of nitrogens with two attached hydrogens (primary N) is 1. The number of aromatic nitrogens is 2. The topological polar surface area (TPSA) is 249 Å². The van der Waals surface area contributed by atoms with Crippen LogP contribution in [0.3, 0.4) is 0 Å². The van der Waals surface area contributed by atoms with E-state index in [4.69, 9.17) is 15.2 Å². The molecule has 2 aromatic carbocycles. The average molecular weight is 794 g/mol. The second-order valence-corrected chi connectivity index (χ2v) is 14.9. The Labute approximate surface area is 332 Å². The number of imidazole rings is 1. The number of imide groups is 1. The molecule has 0 spiro atoms. The average Bonchev–Trinajstić information content (AvgIpc) is 3.67. The van der Waals surface area contributed by atoms with E-state index in [9.17, 15) is 39.2 Å². The molecule has 6 N–H and O–H groups in total. The van der Waals surface area contributed by atoms with E-state index in [1.165, 1.54) is 36.8 Å². The summed E-state index contributed by atoms with van der Waals surface area (Å²) < 4.78 is 10.9. The fourth-order valence-corrected chi connectivity index (χ4v) is 5.87. The van der Waals surface area contributed by atoms with Crippen molar-refractivity contribution in [2.45, 2.75) is 116 Å². The van der Waals surface area contributed by atoms with Crippen LogP contribution in [-0.4, -0.2) is 97.2 Å². The number of nitro benzene ring substituents is 1. The molecule has 0 aliphatic carbocycles. The molecule has 17 nitrogen and oxygen atoms in total. The maximum absolute atomic E-state index is 14.9. The molecule has 0 saturated carbocycles. The third-order valence-corrected chi connectivity index (χ3v) is 9.04. The number of H-pyrrole nitrogens is 1. The Morgan fingerprint density at radius 1 is 0.965 bits per heavy atom. The number of alkyl carbamates (subject to hydrolysis) is 1. The fraction of sp³-hybridized carbons (Fsp3) is 0.500. The van der Waals surface area contributed by atoms with Crippen molar-refractivity contribution in [1.29, 1.82) is 0 Å². The van der Waals surface area contributed by atoms with Crippen LogP contribution < -0.4 is 16.4 Å². The number of benzene rings is 2. The molecule has 0 aliphatic rings. The number of aromatic amines is 1. The highest BCUT2D eigenvalue weighted by atomic mass is 16.6. The normalized spacial score (nSPS) is 14.5. The van der Waals surface area contributed by atoms with Gasteiger partial charge in [-0.3, -0.25) is 29.4 Å². The number of nitrogens with one attached hydrogen (secondary N) is 3. The van der Waals surface area contributed by atoms with Crippen LogP contribution in [0.15, 0.2) is 67.1 Å². The second kappa shape index (κ2) is 21.6. The summed E-state index contributed by atoms with van der Waals surface area (Å²) in [7, 11) is 0. The number of rotatable bonds is 20. The molecule has 0 saturated heterocycles. The number of aliphatic hydroxyl groups is 1. The van der Waals surface area contributed by atoms with Gasteiger partial charge in [-0.2, -0.15) is 0 Å². The van der Waals surface area contributed by atoms with Gasteiger partial charge in [0.05, 0.1) is 30.4 Å². The van der Waals surface area contributed by atoms with E-state index in [0.717, 1.165) is 4.90 Å². The fourth-order valence-electron chi connectivity index (χ4n) is 5.87. The summed E-state index contributed by atoms with van der Waals surface area (Å²) in [5.41, 5.74) is 6.94. The highest BCUT2D eigenvalue weighted by molar-refractivity contribution is 6.03. The van der Waals surface area contributed by atoms with Gasteiger partial charge in [0.2, 0.25) is 11.8 Å². The molecule has 1 unspecified atom stereocenters. The van der Waals surface area contributed by atoms with Gasteiger partial charge in [0.25, 0.3) is 11.6 Å². The summed E-state index contributed by atoms with van der Waals surface area (Å²) in [6.45, 7) is 10.2. The first-order valence-electron chi connectivity index (χ1n) is 18.9. The Hall–Kier alpha value is -5.68. The monoisotopic (exact) mass is 793 g/mol. The molecule has 310 valence electrons. The number of non-ortho nitro benzene ring substituents is 1. The van der Waals surface area contributed by atoms with E-state index in [0.29, 0.717) is 29.7 Å². The van der Waals surface area contributed by atoms with E-state index in [1.54, 1.807) is 71.9 Å². The first kappa shape index (κ1) is 45.7. The van der Waals surface area contributed by atoms with Crippen LogP contribution in [0.1, 0.15) is 77.6 Å². The maximum Gasteiger partial charge on any atom is 0.408 e. The molecule has 57 heavy (non-hydrogen) atoms. The van der Waals surface area contributed by atoms with Crippen LogP contribution in [-0.2, 0) is 47.9 Å². The molecule has 1 aromatic heterocycles. The summed E-state index contributed by atoms with van der Waals surface area (Å²) in [6.07, 6.45) is 0.329. The summed E-state index contributed by atoms with van der Waals surface area (Å²) in [5.74, 6) is -4.20. The van der Waals surface area contributed by atoms with Crippen molar-refractivity contribution in [1.82, 2.24) is 25.5 Å². The SMILES string of the molecule is CCCOC(=O)[C@H]([C@@H](C)CC)N(C(=O)CC(O)[C@@H](N)Cc1ccc([N+](=O)[O-])cc1)C(=O)[C@H](Cc1cnc[nH]1)NC(=O)[C@H](Cc1ccccc1)NC(=O)OC(C)(C)C. The number of aliphatic hydroxyl groups excluding tert-OH is 1. The molecular weight excluding hydrogens is 738 g/mol. The van der Waals surface area contributed by atoms with Gasteiger partial charge in [0, 0.05) is 42.9 Å². The smallest absolute Gasteiger partial charge is 0.408 e. The lowest BCUT2D eigenvalue weighted by Crippen LogP contribution is -2.61. The van der Waals surface area contributed by atoms with Gasteiger partial charge in [-0.05, 0) is 50.7 Å². The van der Waals surface area contributed by atoms with Gasteiger partial charge in [-0.1, -0.05) is 69.7 Å². The quantitative estimate of drug-likeness (QED) is 0.0626. The number of nitro groups is 1. The molecule has 17 heteroatoms. The number of amides is 4. The maximum atomic E-state index is 14.9. The summed E-state index contributed by atoms with van der Waals surface area (Å²) in [6, 6.07) is 9.15. The van der Waals surface area contributed by atoms with Crippen molar-refractivity contribution in [2.75, 3.05) is 6.61 Å². The molecule has 0 fully saturated rings. The van der Waals surface area contributed by atoms with Gasteiger partial charge < -0.3 is 35.9 Å². The lowest BCUT2D eigenvalue weighted by Gasteiger charge is -2.35. The molecule has 0 bridgehead atoms. The van der Waals surface area contributed by atoms with Crippen LogP contribution >= 0.6 is 0 Å². The lowest BCUT2D eigenvalue weighted by atomic mass is 9.94. The van der Waals surface area contributed by atoms with E-state index in [1.807, 2.05) is 0 Å². The molecule has 0 radical (unpaired) electrons. The number of carbonyl (C=O) groups is 5. The van der Waals surface area contributed by atoms with Crippen LogP contribution in [0, 0.1) is 16.0 Å². The number of esters is 1. The van der Waals surface area contributed by atoms with Crippen LogP contribution in [0.2, 0.25) is 0 Å². The van der Waals surface area contributed by atoms with Crippen molar-refractivity contribution < 1.29 is 43.5 Å². The van der Waals surface area contributed by atoms with Crippen LogP contribution in [0.4, 0.5) is 10.5 Å². The molecule has 1 heterocycles. The molecule has 3 aromatic rings. The van der Waals surface area contributed by atoms with E-state index in [-0.39, 0.29) is 31.6 Å². The number of hydrogen-bond acceptors (Lipinski definition) is 12. The largest absolute Gasteiger partial charge is 0.464 e. The Kier molecular flexibility index (Phi) is 17.3. The zero-order valence-electron chi connectivity index (χ0n) is 33.3. The number of hydrogen-bond donors (Lipinski definition) is 5. The van der Waals surface area contributed by atoms with E-state index >= 15 is 0 Å². The first-order chi connectivity index (χ1) is 26.9. The standard InChI is InChI=1S/C40H55N7O10/c1-7-18-56-38(52)35(25(3)8-2)46(34(49)22-33(48)30(41)19-27-14-16-29(17-15-27)47(54)55)37(51)32(21-28-23-42-24-43-28)44-36(50)31(20-26-12-10-9-11-13-26)45-39(53)57-40(4,5)6/h9-17,23-25,30-33,35,48H,7-8,18-22,41H2,1-6H3,(H,42,43)(H,44,50)(H,45,53)/t25-,30-,31-,32-,33?,35-/m0/s1. The summed E-state index contributed by atoms with van der Waals surface area (Å²) >= 11 is 0. The zero-order chi connectivity index (χ0) is 42.3. The van der Waals surface area contributed by atoms with Crippen molar-refractivity contribution in [3.05, 3.63) is 94.1 Å². The van der Waals surface area contributed by atoms with Crippen molar-refractivity contribution in [3.63, 3.8) is 0 Å². The Morgan fingerprint density at radius 3 is 2.18 bits per heavy atom. The van der Waals surface area contributed by atoms with Gasteiger partial charge in [-0.15, -0.1) is 0 Å². The van der Waals surface area contributed by atoms with Crippen molar-refractivity contribution >= 4 is 35.5 Å². The zero-order valence-corrected chi connectivity index (χ0v) is 33.3. The van der Waals surface area contributed by atoms with Crippen LogP contribution in [0.25, 0.3) is 0 Å². The van der Waals surface area contributed by atoms with Gasteiger partial charge in [0.15, 0.2) is 0 Å². The number of carbonyl (C=O) groups excluding carboxylic acids is 5. The van der Waals surface area contributed by atoms with E-state index in [2.05, 4.69) is 20.6 Å². The third kappa shape index (κ3) is 14.4. The summed E-state index contributed by atoms with van der Waals surface area (Å²) in [4.78, 5) is 88.3. The first-order valence-corrected chi connectivity index (χ1v) is 18.9. The van der Waals surface area contributed by atoms with Gasteiger partial charge in [0.1, 0.15) is 23.7 Å². The minimum atomic E-state index is -1.53.